The van der Waals surface area contributed by atoms with Crippen molar-refractivity contribution in [3.63, 3.8) is 0 Å². The number of aliphatic hydroxyl groups excluding tert-OH is 1. The molecule has 15 heavy (non-hydrogen) atoms. The van der Waals surface area contributed by atoms with Crippen LogP contribution in [0.15, 0.2) is 0 Å². The van der Waals surface area contributed by atoms with Gasteiger partial charge in [0.1, 0.15) is 6.04 Å². The van der Waals surface area contributed by atoms with Crippen molar-refractivity contribution in [3.05, 3.63) is 0 Å². The predicted molar refractivity (Wildman–Crippen MR) is 59.4 cm³/mol. The fraction of sp³-hybridized carbons (Fsp3) is 0.909. The fourth-order valence-electron chi connectivity index (χ4n) is 1.36. The Morgan fingerprint density at radius 2 is 2.00 bits per heavy atom. The molecule has 0 saturated heterocycles. The first kappa shape index (κ1) is 14.4. The van der Waals surface area contributed by atoms with Crippen molar-refractivity contribution in [2.24, 2.45) is 5.73 Å². The molecule has 0 fully saturated rings. The van der Waals surface area contributed by atoms with E-state index < -0.39 is 18.1 Å². The number of hydrogen-bond donors (Lipinski definition) is 2. The lowest BCUT2D eigenvalue weighted by Gasteiger charge is -2.16. The molecule has 0 radical (unpaired) electrons. The molecule has 0 aromatic rings. The van der Waals surface area contributed by atoms with Crippen LogP contribution in [0.25, 0.3) is 0 Å². The molecule has 0 aromatic heterocycles. The van der Waals surface area contributed by atoms with Crippen molar-refractivity contribution in [1.29, 1.82) is 0 Å². The second kappa shape index (κ2) is 8.68. The highest BCUT2D eigenvalue weighted by atomic mass is 16.5. The van der Waals surface area contributed by atoms with E-state index in [1.54, 1.807) is 6.92 Å². The molecule has 0 aromatic carbocycles. The summed E-state index contributed by atoms with van der Waals surface area (Å²) in [5, 5.41) is 9.59. The lowest BCUT2D eigenvalue weighted by molar-refractivity contribution is -0.147. The average molecular weight is 217 g/mol. The van der Waals surface area contributed by atoms with Gasteiger partial charge in [-0.25, -0.2) is 0 Å². The van der Waals surface area contributed by atoms with Gasteiger partial charge in [0.05, 0.1) is 12.7 Å². The van der Waals surface area contributed by atoms with E-state index in [0.717, 1.165) is 25.7 Å². The van der Waals surface area contributed by atoms with E-state index in [1.807, 2.05) is 0 Å². The Bertz CT molecular complexity index is 173. The summed E-state index contributed by atoms with van der Waals surface area (Å²) in [5.41, 5.74) is 5.54. The van der Waals surface area contributed by atoms with E-state index >= 15 is 0 Å². The van der Waals surface area contributed by atoms with Crippen molar-refractivity contribution >= 4 is 5.97 Å². The highest BCUT2D eigenvalue weighted by Crippen LogP contribution is 2.08. The van der Waals surface area contributed by atoms with Crippen molar-refractivity contribution in [2.75, 3.05) is 6.61 Å². The van der Waals surface area contributed by atoms with Crippen molar-refractivity contribution in [3.8, 4) is 0 Å². The van der Waals surface area contributed by atoms with Gasteiger partial charge in [-0.2, -0.15) is 0 Å². The number of hydrogen-bond acceptors (Lipinski definition) is 4. The summed E-state index contributed by atoms with van der Waals surface area (Å²) in [7, 11) is 0. The second-order valence-electron chi connectivity index (χ2n) is 3.69. The Hall–Kier alpha value is -0.610. The highest BCUT2D eigenvalue weighted by Gasteiger charge is 2.22. The molecule has 90 valence electrons. The smallest absolute Gasteiger partial charge is 0.325 e. The molecule has 2 unspecified atom stereocenters. The summed E-state index contributed by atoms with van der Waals surface area (Å²) in [5.74, 6) is -0.513. The highest BCUT2D eigenvalue weighted by molar-refractivity contribution is 5.76. The van der Waals surface area contributed by atoms with Crippen molar-refractivity contribution in [2.45, 2.75) is 58.1 Å². The zero-order valence-corrected chi connectivity index (χ0v) is 9.74. The first-order chi connectivity index (χ1) is 7.13. The molecule has 0 spiro atoms. The number of nitrogens with two attached hydrogens (primary N) is 1. The first-order valence-corrected chi connectivity index (χ1v) is 5.73. The minimum Gasteiger partial charge on any atom is -0.465 e. The third-order valence-corrected chi connectivity index (χ3v) is 2.33. The molecule has 2 atom stereocenters. The summed E-state index contributed by atoms with van der Waals surface area (Å²) in [6.45, 7) is 4.15. The minimum absolute atomic E-state index is 0.301. The number of ether oxygens (including phenoxy) is 1. The van der Waals surface area contributed by atoms with Crippen LogP contribution in [0, 0.1) is 0 Å². The van der Waals surface area contributed by atoms with Crippen LogP contribution in [0.2, 0.25) is 0 Å². The largest absolute Gasteiger partial charge is 0.465 e. The number of esters is 1. The van der Waals surface area contributed by atoms with Crippen LogP contribution in [0.1, 0.15) is 46.0 Å². The molecule has 4 heteroatoms. The molecule has 4 nitrogen and oxygen atoms in total. The van der Waals surface area contributed by atoms with Crippen LogP contribution in [0.5, 0.6) is 0 Å². The van der Waals surface area contributed by atoms with E-state index in [1.165, 1.54) is 0 Å². The third-order valence-electron chi connectivity index (χ3n) is 2.33. The van der Waals surface area contributed by atoms with Gasteiger partial charge in [-0.15, -0.1) is 0 Å². The number of unbranched alkanes of at least 4 members (excludes halogenated alkanes) is 3. The van der Waals surface area contributed by atoms with E-state index in [2.05, 4.69) is 6.92 Å². The van der Waals surface area contributed by atoms with Gasteiger partial charge in [-0.05, 0) is 13.3 Å². The van der Waals surface area contributed by atoms with E-state index in [4.69, 9.17) is 10.5 Å². The number of aliphatic hydroxyl groups is 1. The van der Waals surface area contributed by atoms with Gasteiger partial charge >= 0.3 is 5.97 Å². The molecule has 0 aliphatic heterocycles. The Balaban J connectivity index is 3.68. The van der Waals surface area contributed by atoms with Crippen molar-refractivity contribution < 1.29 is 14.6 Å². The van der Waals surface area contributed by atoms with Crippen molar-refractivity contribution in [1.82, 2.24) is 0 Å². The lowest BCUT2D eigenvalue weighted by Crippen LogP contribution is -2.43. The van der Waals surface area contributed by atoms with Gasteiger partial charge in [0.15, 0.2) is 0 Å². The van der Waals surface area contributed by atoms with E-state index in [0.29, 0.717) is 13.0 Å². The van der Waals surface area contributed by atoms with Gasteiger partial charge in [-0.3, -0.25) is 4.79 Å². The zero-order valence-electron chi connectivity index (χ0n) is 9.74. The Morgan fingerprint density at radius 1 is 1.33 bits per heavy atom. The standard InChI is InChI=1S/C11H23NO3/c1-3-5-6-7-8-9(13)10(12)11(14)15-4-2/h9-10,13H,3-8,12H2,1-2H3. The van der Waals surface area contributed by atoms with Crippen LogP contribution in [0.3, 0.4) is 0 Å². The van der Waals surface area contributed by atoms with E-state index in [-0.39, 0.29) is 0 Å². The SMILES string of the molecule is CCCCCCC(O)C(N)C(=O)OCC. The zero-order chi connectivity index (χ0) is 11.7. The molecular weight excluding hydrogens is 194 g/mol. The summed E-state index contributed by atoms with van der Waals surface area (Å²) in [6.07, 6.45) is 4.08. The summed E-state index contributed by atoms with van der Waals surface area (Å²) in [6, 6.07) is -0.897. The summed E-state index contributed by atoms with van der Waals surface area (Å²) in [4.78, 5) is 11.2. The summed E-state index contributed by atoms with van der Waals surface area (Å²) < 4.78 is 4.73. The molecule has 0 heterocycles. The average Bonchev–Trinajstić information content (AvgIpc) is 2.23. The Kier molecular flexibility index (Phi) is 8.33. The van der Waals surface area contributed by atoms with Gasteiger partial charge in [0.25, 0.3) is 0 Å². The number of carbonyl (C=O) groups is 1. The molecule has 0 saturated carbocycles. The Labute approximate surface area is 91.8 Å². The first-order valence-electron chi connectivity index (χ1n) is 5.73. The van der Waals surface area contributed by atoms with Gasteiger partial charge in [0, 0.05) is 0 Å². The molecule has 0 rings (SSSR count). The molecule has 0 aliphatic rings. The third kappa shape index (κ3) is 6.47. The van der Waals surface area contributed by atoms with Crippen LogP contribution in [-0.4, -0.2) is 29.8 Å². The number of carbonyl (C=O) groups excluding carboxylic acids is 1. The molecular formula is C11H23NO3. The maximum atomic E-state index is 11.2. The Morgan fingerprint density at radius 3 is 2.53 bits per heavy atom. The maximum absolute atomic E-state index is 11.2. The fourth-order valence-corrected chi connectivity index (χ4v) is 1.36. The van der Waals surface area contributed by atoms with Gasteiger partial charge < -0.3 is 15.6 Å². The maximum Gasteiger partial charge on any atom is 0.325 e. The normalized spacial score (nSPS) is 14.7. The topological polar surface area (TPSA) is 72.5 Å². The van der Waals surface area contributed by atoms with Gasteiger partial charge in [0.2, 0.25) is 0 Å². The summed E-state index contributed by atoms with van der Waals surface area (Å²) >= 11 is 0. The molecule has 0 amide bonds. The van der Waals surface area contributed by atoms with Crippen LogP contribution >= 0.6 is 0 Å². The minimum atomic E-state index is -0.897. The quantitative estimate of drug-likeness (QED) is 0.473. The van der Waals surface area contributed by atoms with Gasteiger partial charge in [-0.1, -0.05) is 32.6 Å². The number of rotatable bonds is 8. The molecule has 0 bridgehead atoms. The lowest BCUT2D eigenvalue weighted by atomic mass is 10.0. The van der Waals surface area contributed by atoms with Crippen LogP contribution in [-0.2, 0) is 9.53 Å². The predicted octanol–water partition coefficient (Wildman–Crippen LogP) is 1.21. The monoisotopic (exact) mass is 217 g/mol. The molecule has 0 aliphatic carbocycles. The second-order valence-corrected chi connectivity index (χ2v) is 3.69. The molecule has 3 N–H and O–H groups in total. The van der Waals surface area contributed by atoms with E-state index in [9.17, 15) is 9.90 Å². The van der Waals surface area contributed by atoms with Crippen LogP contribution < -0.4 is 5.73 Å². The van der Waals surface area contributed by atoms with Crippen LogP contribution in [0.4, 0.5) is 0 Å².